The van der Waals surface area contributed by atoms with Crippen LogP contribution in [0.1, 0.15) is 22.8 Å². The van der Waals surface area contributed by atoms with Gasteiger partial charge in [0.2, 0.25) is 0 Å². The molecule has 3 aromatic carbocycles. The Bertz CT molecular complexity index is 911. The van der Waals surface area contributed by atoms with Crippen molar-refractivity contribution >= 4 is 16.9 Å². The quantitative estimate of drug-likeness (QED) is 0.625. The van der Waals surface area contributed by atoms with Gasteiger partial charge >= 0.3 is 6.09 Å². The van der Waals surface area contributed by atoms with E-state index >= 15 is 0 Å². The molecule has 5 heteroatoms. The first-order chi connectivity index (χ1) is 13.1. The molecule has 140 valence electrons. The SMILES string of the molecule is Cc1ccc2ccccc2c1C(O)C(O)CNC(=O)OCc1ccccc1. The Morgan fingerprint density at radius 2 is 1.70 bits per heavy atom. The van der Waals surface area contributed by atoms with Crippen LogP contribution in [-0.4, -0.2) is 29.0 Å². The second-order valence-electron chi connectivity index (χ2n) is 6.47. The maximum absolute atomic E-state index is 11.8. The number of alkyl carbamates (subject to hydrolysis) is 1. The predicted octanol–water partition coefficient (Wildman–Crippen LogP) is 3.47. The van der Waals surface area contributed by atoms with Gasteiger partial charge in [0, 0.05) is 6.54 Å². The monoisotopic (exact) mass is 365 g/mol. The van der Waals surface area contributed by atoms with E-state index in [4.69, 9.17) is 4.74 Å². The third-order valence-corrected chi connectivity index (χ3v) is 4.52. The summed E-state index contributed by atoms with van der Waals surface area (Å²) in [5.74, 6) is 0. The van der Waals surface area contributed by atoms with E-state index in [1.807, 2.05) is 73.7 Å². The summed E-state index contributed by atoms with van der Waals surface area (Å²) in [4.78, 5) is 11.8. The molecule has 1 amide bonds. The number of carbonyl (C=O) groups is 1. The molecule has 5 nitrogen and oxygen atoms in total. The van der Waals surface area contributed by atoms with E-state index in [1.54, 1.807) is 0 Å². The lowest BCUT2D eigenvalue weighted by Crippen LogP contribution is -2.36. The number of benzene rings is 3. The molecule has 27 heavy (non-hydrogen) atoms. The van der Waals surface area contributed by atoms with Gasteiger partial charge in [-0.2, -0.15) is 0 Å². The van der Waals surface area contributed by atoms with Crippen LogP contribution in [0, 0.1) is 6.92 Å². The minimum Gasteiger partial charge on any atom is -0.445 e. The van der Waals surface area contributed by atoms with Crippen LogP contribution < -0.4 is 5.32 Å². The van der Waals surface area contributed by atoms with Gasteiger partial charge < -0.3 is 20.3 Å². The molecule has 0 saturated heterocycles. The fraction of sp³-hybridized carbons (Fsp3) is 0.227. The lowest BCUT2D eigenvalue weighted by Gasteiger charge is -2.22. The fourth-order valence-corrected chi connectivity index (χ4v) is 3.06. The normalized spacial score (nSPS) is 13.1. The van der Waals surface area contributed by atoms with Gasteiger partial charge in [-0.1, -0.05) is 66.7 Å². The maximum atomic E-state index is 11.8. The average molecular weight is 365 g/mol. The van der Waals surface area contributed by atoms with Crippen LogP contribution in [0.4, 0.5) is 4.79 Å². The van der Waals surface area contributed by atoms with E-state index in [9.17, 15) is 15.0 Å². The summed E-state index contributed by atoms with van der Waals surface area (Å²) in [5.41, 5.74) is 2.42. The van der Waals surface area contributed by atoms with Crippen LogP contribution in [0.25, 0.3) is 10.8 Å². The Labute approximate surface area is 158 Å². The number of nitrogens with one attached hydrogen (secondary N) is 1. The van der Waals surface area contributed by atoms with E-state index in [2.05, 4.69) is 5.32 Å². The van der Waals surface area contributed by atoms with Gasteiger partial charge in [-0.05, 0) is 34.4 Å². The molecule has 3 N–H and O–H groups in total. The highest BCUT2D eigenvalue weighted by atomic mass is 16.5. The van der Waals surface area contributed by atoms with Crippen LogP contribution in [-0.2, 0) is 11.3 Å². The number of aryl methyl sites for hydroxylation is 1. The molecule has 0 aromatic heterocycles. The Hall–Kier alpha value is -2.89. The molecule has 0 fully saturated rings. The average Bonchev–Trinajstić information content (AvgIpc) is 2.70. The van der Waals surface area contributed by atoms with Crippen molar-refractivity contribution in [3.63, 3.8) is 0 Å². The van der Waals surface area contributed by atoms with E-state index in [0.717, 1.165) is 21.9 Å². The first-order valence-corrected chi connectivity index (χ1v) is 8.85. The highest BCUT2D eigenvalue weighted by molar-refractivity contribution is 5.87. The Kier molecular flexibility index (Phi) is 6.06. The van der Waals surface area contributed by atoms with Crippen molar-refractivity contribution < 1.29 is 19.7 Å². The third kappa shape index (κ3) is 4.64. The van der Waals surface area contributed by atoms with Gasteiger partial charge in [0.15, 0.2) is 0 Å². The zero-order valence-corrected chi connectivity index (χ0v) is 15.1. The van der Waals surface area contributed by atoms with Crippen molar-refractivity contribution in [3.8, 4) is 0 Å². The van der Waals surface area contributed by atoms with Crippen LogP contribution >= 0.6 is 0 Å². The highest BCUT2D eigenvalue weighted by Gasteiger charge is 2.23. The molecule has 0 spiro atoms. The minimum atomic E-state index is -1.15. The number of aliphatic hydroxyl groups is 2. The molecule has 2 atom stereocenters. The number of aliphatic hydroxyl groups excluding tert-OH is 2. The van der Waals surface area contributed by atoms with Crippen molar-refractivity contribution in [1.82, 2.24) is 5.32 Å². The second kappa shape index (κ2) is 8.66. The molecule has 0 saturated carbocycles. The van der Waals surface area contributed by atoms with Crippen LogP contribution in [0.5, 0.6) is 0 Å². The molecule has 3 aromatic rings. The molecule has 0 aliphatic rings. The van der Waals surface area contributed by atoms with E-state index < -0.39 is 18.3 Å². The number of hydrogen-bond acceptors (Lipinski definition) is 4. The summed E-state index contributed by atoms with van der Waals surface area (Å²) in [6, 6.07) is 20.9. The summed E-state index contributed by atoms with van der Waals surface area (Å²) in [5, 5.41) is 25.4. The number of rotatable bonds is 6. The van der Waals surface area contributed by atoms with Crippen molar-refractivity contribution in [1.29, 1.82) is 0 Å². The largest absolute Gasteiger partial charge is 0.445 e. The van der Waals surface area contributed by atoms with Crippen LogP contribution in [0.2, 0.25) is 0 Å². The first kappa shape index (κ1) is 18.9. The van der Waals surface area contributed by atoms with E-state index in [-0.39, 0.29) is 13.2 Å². The van der Waals surface area contributed by atoms with Crippen molar-refractivity contribution in [2.75, 3.05) is 6.54 Å². The lowest BCUT2D eigenvalue weighted by atomic mass is 9.93. The summed E-state index contributed by atoms with van der Waals surface area (Å²) in [6.07, 6.45) is -2.91. The molecule has 0 heterocycles. The Balaban J connectivity index is 1.60. The van der Waals surface area contributed by atoms with Gasteiger partial charge in [-0.25, -0.2) is 4.79 Å². The van der Waals surface area contributed by atoms with Crippen molar-refractivity contribution in [3.05, 3.63) is 83.4 Å². The number of hydrogen-bond donors (Lipinski definition) is 3. The lowest BCUT2D eigenvalue weighted by molar-refractivity contribution is 0.0189. The standard InChI is InChI=1S/C22H23NO4/c1-15-11-12-17-9-5-6-10-18(17)20(15)21(25)19(24)13-23-22(26)27-14-16-7-3-2-4-8-16/h2-12,19,21,24-25H,13-14H2,1H3,(H,23,26). The Morgan fingerprint density at radius 3 is 2.48 bits per heavy atom. The fourth-order valence-electron chi connectivity index (χ4n) is 3.06. The zero-order valence-electron chi connectivity index (χ0n) is 15.1. The van der Waals surface area contributed by atoms with Crippen molar-refractivity contribution in [2.24, 2.45) is 0 Å². The molecular formula is C22H23NO4. The topological polar surface area (TPSA) is 78.8 Å². The number of amides is 1. The predicted molar refractivity (Wildman–Crippen MR) is 104 cm³/mol. The maximum Gasteiger partial charge on any atom is 0.407 e. The number of fused-ring (bicyclic) bond motifs is 1. The van der Waals surface area contributed by atoms with Gasteiger partial charge in [-0.3, -0.25) is 0 Å². The van der Waals surface area contributed by atoms with E-state index in [0.29, 0.717) is 5.56 Å². The van der Waals surface area contributed by atoms with E-state index in [1.165, 1.54) is 0 Å². The molecule has 2 unspecified atom stereocenters. The van der Waals surface area contributed by atoms with Crippen LogP contribution in [0.15, 0.2) is 66.7 Å². The van der Waals surface area contributed by atoms with Gasteiger partial charge in [0.1, 0.15) is 18.8 Å². The summed E-state index contributed by atoms with van der Waals surface area (Å²) >= 11 is 0. The van der Waals surface area contributed by atoms with Gasteiger partial charge in [0.05, 0.1) is 0 Å². The number of carbonyl (C=O) groups excluding carboxylic acids is 1. The summed E-state index contributed by atoms with van der Waals surface area (Å²) in [6.45, 7) is 1.92. The number of ether oxygens (including phenoxy) is 1. The molecule has 3 rings (SSSR count). The third-order valence-electron chi connectivity index (χ3n) is 4.52. The molecular weight excluding hydrogens is 342 g/mol. The molecule has 0 aliphatic carbocycles. The summed E-state index contributed by atoms with van der Waals surface area (Å²) in [7, 11) is 0. The molecule has 0 aliphatic heterocycles. The van der Waals surface area contributed by atoms with Crippen molar-refractivity contribution in [2.45, 2.75) is 25.7 Å². The minimum absolute atomic E-state index is 0.114. The zero-order chi connectivity index (χ0) is 19.2. The smallest absolute Gasteiger partial charge is 0.407 e. The van der Waals surface area contributed by atoms with Gasteiger partial charge in [-0.15, -0.1) is 0 Å². The molecule has 0 radical (unpaired) electrons. The van der Waals surface area contributed by atoms with Crippen LogP contribution in [0.3, 0.4) is 0 Å². The second-order valence-corrected chi connectivity index (χ2v) is 6.47. The molecule has 0 bridgehead atoms. The summed E-state index contributed by atoms with van der Waals surface area (Å²) < 4.78 is 5.12. The van der Waals surface area contributed by atoms with Gasteiger partial charge in [0.25, 0.3) is 0 Å². The first-order valence-electron chi connectivity index (χ1n) is 8.85. The Morgan fingerprint density at radius 1 is 1.00 bits per heavy atom. The highest BCUT2D eigenvalue weighted by Crippen LogP contribution is 2.29.